The van der Waals surface area contributed by atoms with Gasteiger partial charge in [0.2, 0.25) is 5.91 Å². The van der Waals surface area contributed by atoms with E-state index in [-0.39, 0.29) is 5.91 Å². The van der Waals surface area contributed by atoms with Crippen LogP contribution in [0.4, 0.5) is 5.13 Å². The Morgan fingerprint density at radius 1 is 1.41 bits per heavy atom. The van der Waals surface area contributed by atoms with Gasteiger partial charge in [-0.1, -0.05) is 25.1 Å². The Morgan fingerprint density at radius 2 is 2.23 bits per heavy atom. The van der Waals surface area contributed by atoms with Crippen molar-refractivity contribution in [3.05, 3.63) is 52.7 Å². The number of nitrogens with zero attached hydrogens (tertiary/aromatic N) is 1. The molecule has 0 aliphatic heterocycles. The highest BCUT2D eigenvalue weighted by Crippen LogP contribution is 2.27. The van der Waals surface area contributed by atoms with E-state index in [1.807, 2.05) is 43.5 Å². The van der Waals surface area contributed by atoms with Crippen molar-refractivity contribution < 1.29 is 9.21 Å². The van der Waals surface area contributed by atoms with Gasteiger partial charge < -0.3 is 4.42 Å². The number of para-hydroxylation sites is 1. The van der Waals surface area contributed by atoms with E-state index in [0.717, 1.165) is 34.4 Å². The Bertz CT molecular complexity index is 845. The number of anilines is 1. The lowest BCUT2D eigenvalue weighted by atomic mass is 10.1. The molecule has 0 spiro atoms. The number of aryl methyl sites for hydroxylation is 2. The molecule has 1 aromatic carbocycles. The molecule has 112 valence electrons. The van der Waals surface area contributed by atoms with Gasteiger partial charge in [-0.3, -0.25) is 10.1 Å². The lowest BCUT2D eigenvalue weighted by Gasteiger charge is -1.96. The highest BCUT2D eigenvalue weighted by molar-refractivity contribution is 7.13. The van der Waals surface area contributed by atoms with Crippen molar-refractivity contribution >= 4 is 39.4 Å². The summed E-state index contributed by atoms with van der Waals surface area (Å²) < 4.78 is 5.81. The summed E-state index contributed by atoms with van der Waals surface area (Å²) in [6.07, 6.45) is 4.11. The van der Waals surface area contributed by atoms with Gasteiger partial charge in [-0.05, 0) is 19.1 Å². The van der Waals surface area contributed by atoms with Crippen LogP contribution < -0.4 is 5.32 Å². The van der Waals surface area contributed by atoms with E-state index in [1.54, 1.807) is 6.08 Å². The fourth-order valence-electron chi connectivity index (χ4n) is 2.28. The minimum Gasteiger partial charge on any atom is -0.460 e. The lowest BCUT2D eigenvalue weighted by molar-refractivity contribution is -0.111. The van der Waals surface area contributed by atoms with E-state index in [9.17, 15) is 4.79 Å². The number of nitrogens with one attached hydrogen (secondary N) is 1. The van der Waals surface area contributed by atoms with Crippen LogP contribution in [0.5, 0.6) is 0 Å². The molecule has 4 nitrogen and oxygen atoms in total. The highest BCUT2D eigenvalue weighted by atomic mass is 32.1. The van der Waals surface area contributed by atoms with Crippen LogP contribution in [0.25, 0.3) is 17.0 Å². The van der Waals surface area contributed by atoms with Crippen LogP contribution in [-0.2, 0) is 11.2 Å². The van der Waals surface area contributed by atoms with E-state index in [0.29, 0.717) is 5.13 Å². The van der Waals surface area contributed by atoms with Crippen molar-refractivity contribution in [3.63, 3.8) is 0 Å². The van der Waals surface area contributed by atoms with Gasteiger partial charge in [-0.25, -0.2) is 4.98 Å². The summed E-state index contributed by atoms with van der Waals surface area (Å²) >= 11 is 1.42. The number of furan rings is 1. The molecule has 0 saturated carbocycles. The number of benzene rings is 1. The van der Waals surface area contributed by atoms with E-state index in [2.05, 4.69) is 10.3 Å². The molecule has 22 heavy (non-hydrogen) atoms. The Kier molecular flexibility index (Phi) is 4.06. The van der Waals surface area contributed by atoms with Crippen LogP contribution in [0.3, 0.4) is 0 Å². The molecule has 2 aromatic heterocycles. The fourth-order valence-corrected chi connectivity index (χ4v) is 2.97. The topological polar surface area (TPSA) is 55.1 Å². The number of hydrogen-bond acceptors (Lipinski definition) is 4. The zero-order chi connectivity index (χ0) is 15.5. The van der Waals surface area contributed by atoms with Gasteiger partial charge >= 0.3 is 0 Å². The predicted octanol–water partition coefficient (Wildman–Crippen LogP) is 4.41. The third-order valence-corrected chi connectivity index (χ3v) is 4.16. The first-order valence-electron chi connectivity index (χ1n) is 7.09. The summed E-state index contributed by atoms with van der Waals surface area (Å²) in [5.74, 6) is 0.692. The predicted molar refractivity (Wildman–Crippen MR) is 90.1 cm³/mol. The third-order valence-electron chi connectivity index (χ3n) is 3.28. The fraction of sp³-hybridized carbons (Fsp3) is 0.176. The number of carbonyl (C=O) groups is 1. The summed E-state index contributed by atoms with van der Waals surface area (Å²) in [4.78, 5) is 16.2. The first-order valence-corrected chi connectivity index (χ1v) is 7.97. The van der Waals surface area contributed by atoms with Crippen molar-refractivity contribution in [2.75, 3.05) is 5.32 Å². The molecule has 3 rings (SSSR count). The average Bonchev–Trinajstić information content (AvgIpc) is 3.08. The minimum absolute atomic E-state index is 0.193. The number of carbonyl (C=O) groups excluding carboxylic acids is 1. The van der Waals surface area contributed by atoms with Crippen molar-refractivity contribution in [1.29, 1.82) is 0 Å². The molecule has 0 aliphatic carbocycles. The summed E-state index contributed by atoms with van der Waals surface area (Å²) in [6, 6.07) is 7.84. The zero-order valence-corrected chi connectivity index (χ0v) is 13.2. The summed E-state index contributed by atoms with van der Waals surface area (Å²) in [7, 11) is 0. The van der Waals surface area contributed by atoms with Gasteiger partial charge in [-0.15, -0.1) is 11.3 Å². The molecule has 0 aliphatic rings. The molecule has 0 atom stereocenters. The van der Waals surface area contributed by atoms with Crippen molar-refractivity contribution in [1.82, 2.24) is 4.98 Å². The Hall–Kier alpha value is -2.40. The summed E-state index contributed by atoms with van der Waals surface area (Å²) in [5.41, 5.74) is 2.71. The molecule has 1 amide bonds. The first kappa shape index (κ1) is 14.5. The van der Waals surface area contributed by atoms with Gasteiger partial charge in [0.1, 0.15) is 11.3 Å². The maximum Gasteiger partial charge on any atom is 0.250 e. The number of aromatic nitrogens is 1. The van der Waals surface area contributed by atoms with Crippen LogP contribution in [0, 0.1) is 6.92 Å². The molecule has 1 N–H and O–H groups in total. The van der Waals surface area contributed by atoms with E-state index in [1.165, 1.54) is 17.4 Å². The molecule has 0 saturated heterocycles. The number of amides is 1. The summed E-state index contributed by atoms with van der Waals surface area (Å²) in [6.45, 7) is 3.93. The number of thiazole rings is 1. The Morgan fingerprint density at radius 3 is 2.95 bits per heavy atom. The number of rotatable bonds is 4. The smallest absolute Gasteiger partial charge is 0.250 e. The maximum atomic E-state index is 12.0. The Labute approximate surface area is 132 Å². The van der Waals surface area contributed by atoms with Crippen LogP contribution in [0.15, 0.2) is 40.1 Å². The average molecular weight is 312 g/mol. The quantitative estimate of drug-likeness (QED) is 0.726. The molecular weight excluding hydrogens is 296 g/mol. The molecule has 2 heterocycles. The molecular formula is C17H16N2O2S. The minimum atomic E-state index is -0.193. The van der Waals surface area contributed by atoms with Crippen LogP contribution >= 0.6 is 11.3 Å². The molecule has 0 unspecified atom stereocenters. The third kappa shape index (κ3) is 2.94. The van der Waals surface area contributed by atoms with Gasteiger partial charge in [0, 0.05) is 28.8 Å². The number of fused-ring (bicyclic) bond motifs is 1. The molecule has 0 bridgehead atoms. The van der Waals surface area contributed by atoms with Crippen molar-refractivity contribution in [3.8, 4) is 0 Å². The highest BCUT2D eigenvalue weighted by Gasteiger charge is 2.10. The second-order valence-electron chi connectivity index (χ2n) is 4.91. The van der Waals surface area contributed by atoms with Gasteiger partial charge in [-0.2, -0.15) is 0 Å². The normalized spacial score (nSPS) is 11.4. The van der Waals surface area contributed by atoms with E-state index < -0.39 is 0 Å². The van der Waals surface area contributed by atoms with E-state index in [4.69, 9.17) is 4.42 Å². The molecule has 0 fully saturated rings. The summed E-state index contributed by atoms with van der Waals surface area (Å²) in [5, 5.41) is 6.30. The SMILES string of the molecule is CCc1oc2ccccc2c1/C=C/C(=O)Nc1nc(C)cs1. The van der Waals surface area contributed by atoms with Crippen LogP contribution in [0.1, 0.15) is 23.9 Å². The molecule has 0 radical (unpaired) electrons. The maximum absolute atomic E-state index is 12.0. The largest absolute Gasteiger partial charge is 0.460 e. The second kappa shape index (κ2) is 6.15. The monoisotopic (exact) mass is 312 g/mol. The van der Waals surface area contributed by atoms with Gasteiger partial charge in [0.15, 0.2) is 5.13 Å². The molecule has 3 aromatic rings. The first-order chi connectivity index (χ1) is 10.7. The zero-order valence-electron chi connectivity index (χ0n) is 12.4. The van der Waals surface area contributed by atoms with Crippen molar-refractivity contribution in [2.45, 2.75) is 20.3 Å². The standard InChI is InChI=1S/C17H16N2O2S/c1-3-14-13(12-6-4-5-7-15(12)21-14)8-9-16(20)19-17-18-11(2)10-22-17/h4-10H,3H2,1-2H3,(H,18,19,20)/b9-8+. The lowest BCUT2D eigenvalue weighted by Crippen LogP contribution is -2.07. The number of hydrogen-bond donors (Lipinski definition) is 1. The van der Waals surface area contributed by atoms with Crippen LogP contribution in [-0.4, -0.2) is 10.9 Å². The molecule has 5 heteroatoms. The second-order valence-corrected chi connectivity index (χ2v) is 5.76. The van der Waals surface area contributed by atoms with Crippen LogP contribution in [0.2, 0.25) is 0 Å². The van der Waals surface area contributed by atoms with Crippen molar-refractivity contribution in [2.24, 2.45) is 0 Å². The van der Waals surface area contributed by atoms with E-state index >= 15 is 0 Å². The van der Waals surface area contributed by atoms with Gasteiger partial charge in [0.25, 0.3) is 0 Å². The van der Waals surface area contributed by atoms with Gasteiger partial charge in [0.05, 0.1) is 5.69 Å². The Balaban J connectivity index is 1.84.